The van der Waals surface area contributed by atoms with Crippen molar-refractivity contribution in [1.82, 2.24) is 10.2 Å². The molecule has 0 spiro atoms. The van der Waals surface area contributed by atoms with Crippen molar-refractivity contribution in [1.29, 1.82) is 0 Å². The summed E-state index contributed by atoms with van der Waals surface area (Å²) in [4.78, 5) is 36.3. The maximum Gasteiger partial charge on any atom is 0.329 e. The predicted molar refractivity (Wildman–Crippen MR) is 70.8 cm³/mol. The Balaban J connectivity index is 2.61. The normalized spacial score (nSPS) is 20.9. The van der Waals surface area contributed by atoms with Crippen LogP contribution in [-0.4, -0.2) is 62.6 Å². The van der Waals surface area contributed by atoms with Crippen molar-refractivity contribution in [2.75, 3.05) is 33.9 Å². The van der Waals surface area contributed by atoms with Crippen LogP contribution in [0.15, 0.2) is 0 Å². The van der Waals surface area contributed by atoms with Gasteiger partial charge >= 0.3 is 11.9 Å². The van der Waals surface area contributed by atoms with Crippen LogP contribution >= 0.6 is 0 Å². The molecule has 0 aliphatic carbocycles. The lowest BCUT2D eigenvalue weighted by Gasteiger charge is -2.33. The molecule has 1 heterocycles. The Morgan fingerprint density at radius 1 is 1.30 bits per heavy atom. The molecule has 0 radical (unpaired) electrons. The van der Waals surface area contributed by atoms with E-state index in [9.17, 15) is 14.4 Å². The molecule has 1 rings (SSSR count). The summed E-state index contributed by atoms with van der Waals surface area (Å²) in [6, 6.07) is -0.714. The molecular formula is C13H22N2O5. The van der Waals surface area contributed by atoms with E-state index in [1.165, 1.54) is 21.1 Å². The van der Waals surface area contributed by atoms with Crippen LogP contribution in [0.4, 0.5) is 0 Å². The van der Waals surface area contributed by atoms with Crippen molar-refractivity contribution in [2.24, 2.45) is 5.92 Å². The van der Waals surface area contributed by atoms with Gasteiger partial charge in [0.05, 0.1) is 20.1 Å². The Morgan fingerprint density at radius 2 is 2.00 bits per heavy atom. The molecule has 20 heavy (non-hydrogen) atoms. The van der Waals surface area contributed by atoms with E-state index in [2.05, 4.69) is 10.1 Å². The fourth-order valence-corrected chi connectivity index (χ4v) is 2.41. The van der Waals surface area contributed by atoms with Crippen LogP contribution < -0.4 is 5.32 Å². The number of ether oxygens (including phenoxy) is 2. The van der Waals surface area contributed by atoms with Crippen LogP contribution in [0, 0.1) is 5.92 Å². The zero-order valence-electron chi connectivity index (χ0n) is 12.2. The number of nitrogens with one attached hydrogen (secondary N) is 1. The molecule has 1 amide bonds. The summed E-state index contributed by atoms with van der Waals surface area (Å²) in [5.74, 6) is -1.18. The van der Waals surface area contributed by atoms with Crippen molar-refractivity contribution in [3.05, 3.63) is 0 Å². The lowest BCUT2D eigenvalue weighted by molar-refractivity contribution is -0.148. The average molecular weight is 286 g/mol. The van der Waals surface area contributed by atoms with Crippen molar-refractivity contribution in [2.45, 2.75) is 25.8 Å². The van der Waals surface area contributed by atoms with Gasteiger partial charge in [-0.3, -0.25) is 14.5 Å². The lowest BCUT2D eigenvalue weighted by Crippen LogP contribution is -2.51. The average Bonchev–Trinajstić information content (AvgIpc) is 2.44. The molecular weight excluding hydrogens is 264 g/mol. The summed E-state index contributed by atoms with van der Waals surface area (Å²) in [7, 11) is 2.65. The number of piperidine rings is 1. The molecule has 1 saturated heterocycles. The predicted octanol–water partition coefficient (Wildman–Crippen LogP) is -0.451. The minimum Gasteiger partial charge on any atom is -0.469 e. The highest BCUT2D eigenvalue weighted by atomic mass is 16.5. The van der Waals surface area contributed by atoms with E-state index in [4.69, 9.17) is 4.74 Å². The minimum absolute atomic E-state index is 0.177. The number of rotatable bonds is 5. The maximum atomic E-state index is 11.6. The monoisotopic (exact) mass is 286 g/mol. The summed E-state index contributed by atoms with van der Waals surface area (Å²) in [5.41, 5.74) is 0. The fraction of sp³-hybridized carbons (Fsp3) is 0.769. The van der Waals surface area contributed by atoms with Crippen LogP contribution in [0.2, 0.25) is 0 Å². The minimum atomic E-state index is -0.714. The van der Waals surface area contributed by atoms with Gasteiger partial charge in [0.25, 0.3) is 0 Å². The van der Waals surface area contributed by atoms with Crippen molar-refractivity contribution in [3.63, 3.8) is 0 Å². The summed E-state index contributed by atoms with van der Waals surface area (Å²) < 4.78 is 9.43. The van der Waals surface area contributed by atoms with Gasteiger partial charge in [-0.15, -0.1) is 0 Å². The van der Waals surface area contributed by atoms with E-state index < -0.39 is 12.0 Å². The van der Waals surface area contributed by atoms with E-state index in [-0.39, 0.29) is 17.8 Å². The van der Waals surface area contributed by atoms with Gasteiger partial charge in [-0.1, -0.05) is 0 Å². The van der Waals surface area contributed by atoms with Gasteiger partial charge in [0.1, 0.15) is 6.04 Å². The maximum absolute atomic E-state index is 11.6. The molecule has 0 aromatic carbocycles. The molecule has 0 aromatic heterocycles. The van der Waals surface area contributed by atoms with Crippen LogP contribution in [0.5, 0.6) is 0 Å². The first-order chi connectivity index (χ1) is 9.47. The highest BCUT2D eigenvalue weighted by Crippen LogP contribution is 2.17. The van der Waals surface area contributed by atoms with E-state index in [0.717, 1.165) is 19.4 Å². The van der Waals surface area contributed by atoms with Gasteiger partial charge in [0.15, 0.2) is 0 Å². The number of carbonyl (C=O) groups is 3. The van der Waals surface area contributed by atoms with E-state index in [0.29, 0.717) is 13.1 Å². The number of likely N-dealkylation sites (tertiary alicyclic amines) is 1. The second kappa shape index (κ2) is 7.84. The Labute approximate surface area is 118 Å². The first-order valence-electron chi connectivity index (χ1n) is 6.63. The summed E-state index contributed by atoms with van der Waals surface area (Å²) >= 11 is 0. The van der Waals surface area contributed by atoms with Crippen molar-refractivity contribution >= 4 is 17.8 Å². The Morgan fingerprint density at radius 3 is 2.55 bits per heavy atom. The molecule has 1 fully saturated rings. The molecule has 1 aliphatic heterocycles. The van der Waals surface area contributed by atoms with Crippen molar-refractivity contribution < 1.29 is 23.9 Å². The molecule has 114 valence electrons. The van der Waals surface area contributed by atoms with Crippen LogP contribution in [0.3, 0.4) is 0 Å². The molecule has 1 N–H and O–H groups in total. The lowest BCUT2D eigenvalue weighted by atomic mass is 9.98. The Bertz CT molecular complexity index is 372. The quantitative estimate of drug-likeness (QED) is 0.689. The third kappa shape index (κ3) is 4.80. The van der Waals surface area contributed by atoms with E-state index in [1.54, 1.807) is 0 Å². The molecule has 7 heteroatoms. The topological polar surface area (TPSA) is 84.9 Å². The number of hydrogen-bond acceptors (Lipinski definition) is 6. The van der Waals surface area contributed by atoms with E-state index in [1.807, 2.05) is 4.90 Å². The number of amides is 1. The SMILES string of the molecule is COC(=O)C1CCCN(CC(NC(C)=O)C(=O)OC)C1. The Kier molecular flexibility index (Phi) is 6.44. The van der Waals surface area contributed by atoms with Crippen LogP contribution in [0.25, 0.3) is 0 Å². The van der Waals surface area contributed by atoms with Gasteiger partial charge < -0.3 is 14.8 Å². The molecule has 0 aromatic rings. The molecule has 0 bridgehead atoms. The van der Waals surface area contributed by atoms with Gasteiger partial charge in [-0.05, 0) is 19.4 Å². The number of hydrogen-bond donors (Lipinski definition) is 1. The third-order valence-electron chi connectivity index (χ3n) is 3.34. The highest BCUT2D eigenvalue weighted by Gasteiger charge is 2.30. The second-order valence-electron chi connectivity index (χ2n) is 4.90. The van der Waals surface area contributed by atoms with E-state index >= 15 is 0 Å². The van der Waals surface area contributed by atoms with Crippen LogP contribution in [0.1, 0.15) is 19.8 Å². The number of nitrogens with zero attached hydrogens (tertiary/aromatic N) is 1. The zero-order chi connectivity index (χ0) is 15.1. The van der Waals surface area contributed by atoms with Gasteiger partial charge in [-0.25, -0.2) is 4.79 Å². The largest absolute Gasteiger partial charge is 0.469 e. The molecule has 2 unspecified atom stereocenters. The summed E-state index contributed by atoms with van der Waals surface area (Å²) in [5, 5.41) is 2.56. The second-order valence-corrected chi connectivity index (χ2v) is 4.90. The Hall–Kier alpha value is -1.63. The van der Waals surface area contributed by atoms with Gasteiger partial charge in [0, 0.05) is 20.0 Å². The standard InChI is InChI=1S/C13H22N2O5/c1-9(16)14-11(13(18)20-3)8-15-6-4-5-10(7-15)12(17)19-2/h10-11H,4-8H2,1-3H3,(H,14,16). The first-order valence-corrected chi connectivity index (χ1v) is 6.63. The molecule has 2 atom stereocenters. The zero-order valence-corrected chi connectivity index (χ0v) is 12.2. The van der Waals surface area contributed by atoms with Gasteiger partial charge in [0.2, 0.25) is 5.91 Å². The third-order valence-corrected chi connectivity index (χ3v) is 3.34. The fourth-order valence-electron chi connectivity index (χ4n) is 2.41. The van der Waals surface area contributed by atoms with Crippen LogP contribution in [-0.2, 0) is 23.9 Å². The first kappa shape index (κ1) is 16.4. The molecule has 0 saturated carbocycles. The van der Waals surface area contributed by atoms with Crippen molar-refractivity contribution in [3.8, 4) is 0 Å². The number of methoxy groups -OCH3 is 2. The number of esters is 2. The summed E-state index contributed by atoms with van der Waals surface area (Å²) in [6.45, 7) is 2.99. The molecule has 7 nitrogen and oxygen atoms in total. The highest BCUT2D eigenvalue weighted by molar-refractivity contribution is 5.83. The summed E-state index contributed by atoms with van der Waals surface area (Å²) in [6.07, 6.45) is 1.64. The number of carbonyl (C=O) groups excluding carboxylic acids is 3. The molecule has 1 aliphatic rings. The van der Waals surface area contributed by atoms with Gasteiger partial charge in [-0.2, -0.15) is 0 Å². The smallest absolute Gasteiger partial charge is 0.329 e.